The first-order chi connectivity index (χ1) is 8.86. The van der Waals surface area contributed by atoms with Crippen LogP contribution in [-0.4, -0.2) is 35.0 Å². The first-order valence-electron chi connectivity index (χ1n) is 5.52. The van der Waals surface area contributed by atoms with Crippen LogP contribution in [0.4, 0.5) is 8.78 Å². The van der Waals surface area contributed by atoms with Crippen molar-refractivity contribution >= 4 is 23.5 Å². The molecular weight excluding hydrogens is 280 g/mol. The molecule has 1 aromatic rings. The largest absolute Gasteiger partial charge is 0.480 e. The van der Waals surface area contributed by atoms with E-state index in [1.807, 2.05) is 0 Å². The van der Waals surface area contributed by atoms with E-state index in [2.05, 4.69) is 0 Å². The van der Waals surface area contributed by atoms with E-state index in [4.69, 9.17) is 16.7 Å². The van der Waals surface area contributed by atoms with Gasteiger partial charge in [0.05, 0.1) is 10.6 Å². The molecule has 19 heavy (non-hydrogen) atoms. The minimum atomic E-state index is -1.21. The fourth-order valence-corrected chi connectivity index (χ4v) is 1.77. The molecule has 1 N–H and O–H groups in total. The van der Waals surface area contributed by atoms with E-state index in [0.717, 1.165) is 4.90 Å². The summed E-state index contributed by atoms with van der Waals surface area (Å²) in [6, 6.07) is 1.36. The molecule has 1 amide bonds. The fraction of sp³-hybridized carbons (Fsp3) is 0.333. The van der Waals surface area contributed by atoms with Gasteiger partial charge in [-0.25, -0.2) is 8.78 Å². The van der Waals surface area contributed by atoms with Gasteiger partial charge in [0.25, 0.3) is 5.91 Å². The van der Waals surface area contributed by atoms with E-state index in [1.165, 1.54) is 0 Å². The number of benzene rings is 1. The van der Waals surface area contributed by atoms with E-state index in [0.29, 0.717) is 18.6 Å². The first kappa shape index (κ1) is 15.4. The van der Waals surface area contributed by atoms with Crippen LogP contribution in [0.1, 0.15) is 23.7 Å². The van der Waals surface area contributed by atoms with E-state index >= 15 is 0 Å². The Morgan fingerprint density at radius 2 is 1.89 bits per heavy atom. The molecule has 4 nitrogen and oxygen atoms in total. The molecular formula is C12H12ClF2NO3. The van der Waals surface area contributed by atoms with Crippen molar-refractivity contribution in [2.75, 3.05) is 13.1 Å². The van der Waals surface area contributed by atoms with Gasteiger partial charge in [-0.05, 0) is 18.6 Å². The Hall–Kier alpha value is -1.69. The molecule has 0 fully saturated rings. The molecule has 0 aliphatic carbocycles. The number of aliphatic carboxylic acids is 1. The molecule has 104 valence electrons. The van der Waals surface area contributed by atoms with Crippen LogP contribution in [0, 0.1) is 11.6 Å². The van der Waals surface area contributed by atoms with Gasteiger partial charge in [-0.15, -0.1) is 0 Å². The third-order valence-corrected chi connectivity index (χ3v) is 2.66. The molecule has 1 aromatic carbocycles. The lowest BCUT2D eigenvalue weighted by molar-refractivity contribution is -0.137. The van der Waals surface area contributed by atoms with Crippen molar-refractivity contribution in [3.8, 4) is 0 Å². The highest BCUT2D eigenvalue weighted by Crippen LogP contribution is 2.21. The molecule has 0 spiro atoms. The van der Waals surface area contributed by atoms with Gasteiger partial charge in [-0.1, -0.05) is 18.5 Å². The minimum Gasteiger partial charge on any atom is -0.480 e. The zero-order chi connectivity index (χ0) is 14.6. The highest BCUT2D eigenvalue weighted by atomic mass is 35.5. The predicted molar refractivity (Wildman–Crippen MR) is 65.2 cm³/mol. The molecule has 0 heterocycles. The van der Waals surface area contributed by atoms with Crippen molar-refractivity contribution in [2.45, 2.75) is 13.3 Å². The van der Waals surface area contributed by atoms with Gasteiger partial charge in [0.15, 0.2) is 11.6 Å². The molecule has 0 saturated heterocycles. The van der Waals surface area contributed by atoms with Gasteiger partial charge in [0.1, 0.15) is 6.54 Å². The van der Waals surface area contributed by atoms with Gasteiger partial charge >= 0.3 is 5.97 Å². The predicted octanol–water partition coefficient (Wildman–Crippen LogP) is 2.56. The van der Waals surface area contributed by atoms with Gasteiger partial charge in [-0.3, -0.25) is 9.59 Å². The van der Waals surface area contributed by atoms with Crippen molar-refractivity contribution in [3.05, 3.63) is 34.4 Å². The Labute approximate surface area is 113 Å². The molecule has 0 atom stereocenters. The number of carboxylic acids is 1. The van der Waals surface area contributed by atoms with Crippen molar-refractivity contribution in [1.82, 2.24) is 4.90 Å². The maximum absolute atomic E-state index is 13.1. The Bertz CT molecular complexity index is 508. The summed E-state index contributed by atoms with van der Waals surface area (Å²) in [5, 5.41) is 8.46. The average Bonchev–Trinajstić information content (AvgIpc) is 2.32. The number of carboxylic acid groups (broad SMARTS) is 1. The Morgan fingerprint density at radius 3 is 2.42 bits per heavy atom. The van der Waals surface area contributed by atoms with E-state index in [-0.39, 0.29) is 17.1 Å². The number of amides is 1. The summed E-state index contributed by atoms with van der Waals surface area (Å²) in [5.74, 6) is -4.31. The van der Waals surface area contributed by atoms with E-state index < -0.39 is 30.1 Å². The maximum atomic E-state index is 13.1. The second-order valence-corrected chi connectivity index (χ2v) is 4.27. The van der Waals surface area contributed by atoms with Crippen LogP contribution in [0.25, 0.3) is 0 Å². The summed E-state index contributed by atoms with van der Waals surface area (Å²) in [6.07, 6.45) is 0.528. The first-order valence-corrected chi connectivity index (χ1v) is 5.90. The topological polar surface area (TPSA) is 57.6 Å². The normalized spacial score (nSPS) is 10.3. The zero-order valence-electron chi connectivity index (χ0n) is 10.1. The number of carbonyl (C=O) groups excluding carboxylic acids is 1. The van der Waals surface area contributed by atoms with E-state index in [1.54, 1.807) is 6.92 Å². The highest BCUT2D eigenvalue weighted by molar-refractivity contribution is 6.33. The van der Waals surface area contributed by atoms with Crippen molar-refractivity contribution < 1.29 is 23.5 Å². The summed E-state index contributed by atoms with van der Waals surface area (Å²) in [7, 11) is 0. The Morgan fingerprint density at radius 1 is 1.32 bits per heavy atom. The standard InChI is InChI=1S/C12H12ClF2NO3/c1-2-3-16(6-11(17)18)12(19)7-4-9(14)10(15)5-8(7)13/h4-5H,2-3,6H2,1H3,(H,17,18). The van der Waals surface area contributed by atoms with E-state index in [9.17, 15) is 18.4 Å². The van der Waals surface area contributed by atoms with Crippen LogP contribution in [0.5, 0.6) is 0 Å². The third kappa shape index (κ3) is 3.89. The summed E-state index contributed by atoms with van der Waals surface area (Å²) >= 11 is 5.68. The van der Waals surface area contributed by atoms with Crippen LogP contribution in [0.15, 0.2) is 12.1 Å². The Balaban J connectivity index is 3.08. The van der Waals surface area contributed by atoms with Crippen molar-refractivity contribution in [1.29, 1.82) is 0 Å². The molecule has 0 unspecified atom stereocenters. The van der Waals surface area contributed by atoms with Crippen LogP contribution in [0.2, 0.25) is 5.02 Å². The number of halogens is 3. The molecule has 0 aromatic heterocycles. The van der Waals surface area contributed by atoms with Crippen LogP contribution in [0.3, 0.4) is 0 Å². The number of rotatable bonds is 5. The van der Waals surface area contributed by atoms with Gasteiger partial charge in [0, 0.05) is 6.54 Å². The molecule has 0 saturated carbocycles. The molecule has 0 aliphatic heterocycles. The highest BCUT2D eigenvalue weighted by Gasteiger charge is 2.22. The summed E-state index contributed by atoms with van der Waals surface area (Å²) < 4.78 is 26.0. The summed E-state index contributed by atoms with van der Waals surface area (Å²) in [6.45, 7) is 1.41. The van der Waals surface area contributed by atoms with Crippen LogP contribution < -0.4 is 0 Å². The minimum absolute atomic E-state index is 0.181. The molecule has 1 rings (SSSR count). The lowest BCUT2D eigenvalue weighted by atomic mass is 10.1. The number of hydrogen-bond donors (Lipinski definition) is 1. The molecule has 0 bridgehead atoms. The van der Waals surface area contributed by atoms with Gasteiger partial charge in [-0.2, -0.15) is 0 Å². The van der Waals surface area contributed by atoms with Crippen LogP contribution >= 0.6 is 11.6 Å². The second-order valence-electron chi connectivity index (χ2n) is 3.87. The monoisotopic (exact) mass is 291 g/mol. The number of nitrogens with zero attached hydrogens (tertiary/aromatic N) is 1. The number of hydrogen-bond acceptors (Lipinski definition) is 2. The van der Waals surface area contributed by atoms with Crippen molar-refractivity contribution in [3.63, 3.8) is 0 Å². The van der Waals surface area contributed by atoms with Crippen molar-refractivity contribution in [2.24, 2.45) is 0 Å². The molecule has 0 radical (unpaired) electrons. The van der Waals surface area contributed by atoms with Crippen LogP contribution in [-0.2, 0) is 4.79 Å². The third-order valence-electron chi connectivity index (χ3n) is 2.35. The lowest BCUT2D eigenvalue weighted by Gasteiger charge is -2.20. The molecule has 7 heteroatoms. The number of carbonyl (C=O) groups is 2. The average molecular weight is 292 g/mol. The smallest absolute Gasteiger partial charge is 0.323 e. The van der Waals surface area contributed by atoms with Gasteiger partial charge < -0.3 is 10.0 Å². The zero-order valence-corrected chi connectivity index (χ0v) is 10.9. The SMILES string of the molecule is CCCN(CC(=O)O)C(=O)c1cc(F)c(F)cc1Cl. The molecule has 0 aliphatic rings. The summed E-state index contributed by atoms with van der Waals surface area (Å²) in [5.41, 5.74) is -0.254. The lowest BCUT2D eigenvalue weighted by Crippen LogP contribution is -2.36. The Kier molecular flexibility index (Phi) is 5.23. The van der Waals surface area contributed by atoms with Gasteiger partial charge in [0.2, 0.25) is 0 Å². The fourth-order valence-electron chi connectivity index (χ4n) is 1.54. The summed E-state index contributed by atoms with van der Waals surface area (Å²) in [4.78, 5) is 23.7. The quantitative estimate of drug-likeness (QED) is 0.848. The second kappa shape index (κ2) is 6.47. The maximum Gasteiger partial charge on any atom is 0.323 e.